The summed E-state index contributed by atoms with van der Waals surface area (Å²) in [5, 5.41) is 0. The normalized spacial score (nSPS) is 10.9. The number of hydrogen-bond donors (Lipinski definition) is 1. The van der Waals surface area contributed by atoms with Gasteiger partial charge in [0.15, 0.2) is 0 Å². The van der Waals surface area contributed by atoms with Crippen molar-refractivity contribution >= 4 is 5.82 Å². The standard InChI is InChI=1S/C14H18N4/c1-9(2)13-10(3)17-12(18-14(13)15)7-11-5-4-6-16-8-11/h4-6,8-9H,7H2,1-3H3,(H2,15,17,18). The van der Waals surface area contributed by atoms with Gasteiger partial charge in [0.25, 0.3) is 0 Å². The molecule has 2 rings (SSSR count). The number of nitrogens with two attached hydrogens (primary N) is 1. The van der Waals surface area contributed by atoms with Crippen LogP contribution in [0.15, 0.2) is 24.5 Å². The van der Waals surface area contributed by atoms with Crippen molar-refractivity contribution in [1.82, 2.24) is 15.0 Å². The summed E-state index contributed by atoms with van der Waals surface area (Å²) in [5.74, 6) is 1.69. The molecule has 0 atom stereocenters. The molecule has 2 aromatic heterocycles. The van der Waals surface area contributed by atoms with Gasteiger partial charge in [0.2, 0.25) is 0 Å². The maximum absolute atomic E-state index is 6.01. The van der Waals surface area contributed by atoms with Crippen LogP contribution < -0.4 is 5.73 Å². The van der Waals surface area contributed by atoms with Gasteiger partial charge in [-0.3, -0.25) is 4.98 Å². The van der Waals surface area contributed by atoms with Gasteiger partial charge in [-0.2, -0.15) is 0 Å². The third kappa shape index (κ3) is 2.64. The SMILES string of the molecule is Cc1nc(Cc2cccnc2)nc(N)c1C(C)C. The monoisotopic (exact) mass is 242 g/mol. The molecule has 0 amide bonds. The molecular formula is C14H18N4. The molecule has 18 heavy (non-hydrogen) atoms. The lowest BCUT2D eigenvalue weighted by atomic mass is 10.0. The number of nitrogen functional groups attached to an aromatic ring is 1. The molecule has 2 aromatic rings. The lowest BCUT2D eigenvalue weighted by Crippen LogP contribution is -2.09. The van der Waals surface area contributed by atoms with Gasteiger partial charge in [-0.15, -0.1) is 0 Å². The largest absolute Gasteiger partial charge is 0.383 e. The first-order chi connectivity index (χ1) is 8.58. The van der Waals surface area contributed by atoms with Crippen LogP contribution in [0.3, 0.4) is 0 Å². The molecule has 0 unspecified atom stereocenters. The zero-order valence-electron chi connectivity index (χ0n) is 11.0. The van der Waals surface area contributed by atoms with Crippen molar-refractivity contribution in [1.29, 1.82) is 0 Å². The minimum Gasteiger partial charge on any atom is -0.383 e. The maximum Gasteiger partial charge on any atom is 0.135 e. The topological polar surface area (TPSA) is 64.7 Å². The van der Waals surface area contributed by atoms with E-state index in [1.807, 2.05) is 25.3 Å². The molecular weight excluding hydrogens is 224 g/mol. The fourth-order valence-electron chi connectivity index (χ4n) is 2.14. The predicted molar refractivity (Wildman–Crippen MR) is 72.3 cm³/mol. The molecule has 0 aliphatic carbocycles. The fourth-order valence-corrected chi connectivity index (χ4v) is 2.14. The molecule has 4 nitrogen and oxygen atoms in total. The molecule has 2 heterocycles. The highest BCUT2D eigenvalue weighted by molar-refractivity contribution is 5.44. The highest BCUT2D eigenvalue weighted by Gasteiger charge is 2.12. The van der Waals surface area contributed by atoms with Crippen LogP contribution in [-0.2, 0) is 6.42 Å². The molecule has 0 radical (unpaired) electrons. The Balaban J connectivity index is 2.31. The van der Waals surface area contributed by atoms with E-state index in [2.05, 4.69) is 28.8 Å². The number of anilines is 1. The molecule has 0 saturated carbocycles. The van der Waals surface area contributed by atoms with E-state index in [9.17, 15) is 0 Å². The average molecular weight is 242 g/mol. The van der Waals surface area contributed by atoms with Crippen LogP contribution in [0.5, 0.6) is 0 Å². The highest BCUT2D eigenvalue weighted by Crippen LogP contribution is 2.23. The molecule has 0 aromatic carbocycles. The second-order valence-corrected chi connectivity index (χ2v) is 4.72. The summed E-state index contributed by atoms with van der Waals surface area (Å²) < 4.78 is 0. The third-order valence-corrected chi connectivity index (χ3v) is 2.87. The van der Waals surface area contributed by atoms with Crippen LogP contribution in [0.4, 0.5) is 5.82 Å². The lowest BCUT2D eigenvalue weighted by Gasteiger charge is -2.13. The fraction of sp³-hybridized carbons (Fsp3) is 0.357. The van der Waals surface area contributed by atoms with E-state index in [0.29, 0.717) is 18.2 Å². The van der Waals surface area contributed by atoms with Crippen LogP contribution in [-0.4, -0.2) is 15.0 Å². The number of hydrogen-bond acceptors (Lipinski definition) is 4. The zero-order chi connectivity index (χ0) is 13.1. The van der Waals surface area contributed by atoms with Crippen molar-refractivity contribution in [2.75, 3.05) is 5.73 Å². The van der Waals surface area contributed by atoms with Crippen LogP contribution in [0.1, 0.15) is 42.4 Å². The third-order valence-electron chi connectivity index (χ3n) is 2.87. The maximum atomic E-state index is 6.01. The lowest BCUT2D eigenvalue weighted by molar-refractivity contribution is 0.816. The van der Waals surface area contributed by atoms with E-state index in [-0.39, 0.29) is 0 Å². The summed E-state index contributed by atoms with van der Waals surface area (Å²) in [5.41, 5.74) is 9.12. The van der Waals surface area contributed by atoms with Gasteiger partial charge >= 0.3 is 0 Å². The Bertz CT molecular complexity index is 512. The number of pyridine rings is 1. The molecule has 0 spiro atoms. The van der Waals surface area contributed by atoms with Crippen molar-refractivity contribution in [2.45, 2.75) is 33.1 Å². The summed E-state index contributed by atoms with van der Waals surface area (Å²) in [7, 11) is 0. The van der Waals surface area contributed by atoms with Crippen LogP contribution >= 0.6 is 0 Å². The molecule has 0 bridgehead atoms. The van der Waals surface area contributed by atoms with E-state index in [1.54, 1.807) is 6.20 Å². The zero-order valence-corrected chi connectivity index (χ0v) is 11.0. The first kappa shape index (κ1) is 12.5. The van der Waals surface area contributed by atoms with Crippen molar-refractivity contribution in [3.05, 3.63) is 47.2 Å². The van der Waals surface area contributed by atoms with Gasteiger partial charge in [-0.1, -0.05) is 19.9 Å². The molecule has 0 aliphatic heterocycles. The summed E-state index contributed by atoms with van der Waals surface area (Å²) in [6.07, 6.45) is 4.24. The van der Waals surface area contributed by atoms with Crippen molar-refractivity contribution in [2.24, 2.45) is 0 Å². The minimum atomic E-state index is 0.345. The van der Waals surface area contributed by atoms with Gasteiger partial charge in [-0.25, -0.2) is 9.97 Å². The smallest absolute Gasteiger partial charge is 0.135 e. The van der Waals surface area contributed by atoms with Crippen LogP contribution in [0.2, 0.25) is 0 Å². The Morgan fingerprint density at radius 1 is 1.28 bits per heavy atom. The number of aromatic nitrogens is 3. The van der Waals surface area contributed by atoms with Crippen LogP contribution in [0, 0.1) is 6.92 Å². The van der Waals surface area contributed by atoms with Gasteiger partial charge in [-0.05, 0) is 24.5 Å². The van der Waals surface area contributed by atoms with Crippen molar-refractivity contribution in [3.63, 3.8) is 0 Å². The highest BCUT2D eigenvalue weighted by atomic mass is 15.0. The second-order valence-electron chi connectivity index (χ2n) is 4.72. The van der Waals surface area contributed by atoms with Gasteiger partial charge < -0.3 is 5.73 Å². The number of rotatable bonds is 3. The van der Waals surface area contributed by atoms with E-state index in [1.165, 1.54) is 0 Å². The van der Waals surface area contributed by atoms with Crippen LogP contribution in [0.25, 0.3) is 0 Å². The predicted octanol–water partition coefficient (Wildman–Crippen LogP) is 2.48. The summed E-state index contributed by atoms with van der Waals surface area (Å²) >= 11 is 0. The molecule has 2 N–H and O–H groups in total. The van der Waals surface area contributed by atoms with Gasteiger partial charge in [0.05, 0.1) is 0 Å². The van der Waals surface area contributed by atoms with Gasteiger partial charge in [0, 0.05) is 30.1 Å². The average Bonchev–Trinajstić information content (AvgIpc) is 2.28. The van der Waals surface area contributed by atoms with Crippen molar-refractivity contribution in [3.8, 4) is 0 Å². The molecule has 0 fully saturated rings. The van der Waals surface area contributed by atoms with E-state index in [0.717, 1.165) is 22.6 Å². The summed E-state index contributed by atoms with van der Waals surface area (Å²) in [4.78, 5) is 13.0. The number of nitrogens with zero attached hydrogens (tertiary/aromatic N) is 3. The quantitative estimate of drug-likeness (QED) is 0.898. The Labute approximate surface area is 107 Å². The van der Waals surface area contributed by atoms with Crippen molar-refractivity contribution < 1.29 is 0 Å². The first-order valence-corrected chi connectivity index (χ1v) is 6.09. The summed E-state index contributed by atoms with van der Waals surface area (Å²) in [6, 6.07) is 3.92. The molecule has 0 aliphatic rings. The molecule has 4 heteroatoms. The second kappa shape index (κ2) is 5.12. The van der Waals surface area contributed by atoms with E-state index < -0.39 is 0 Å². The Kier molecular flexibility index (Phi) is 3.55. The summed E-state index contributed by atoms with van der Waals surface area (Å²) in [6.45, 7) is 6.19. The molecule has 94 valence electrons. The molecule has 0 saturated heterocycles. The first-order valence-electron chi connectivity index (χ1n) is 6.09. The minimum absolute atomic E-state index is 0.345. The Morgan fingerprint density at radius 3 is 2.61 bits per heavy atom. The van der Waals surface area contributed by atoms with E-state index in [4.69, 9.17) is 5.73 Å². The Hall–Kier alpha value is -1.97. The Morgan fingerprint density at radius 2 is 2.06 bits per heavy atom. The van der Waals surface area contributed by atoms with Gasteiger partial charge in [0.1, 0.15) is 11.6 Å². The van der Waals surface area contributed by atoms with E-state index >= 15 is 0 Å². The number of aryl methyl sites for hydroxylation is 1.